The number of aliphatic hydroxyl groups excluding tert-OH is 1. The Morgan fingerprint density at radius 3 is 2.38 bits per heavy atom. The van der Waals surface area contributed by atoms with Crippen LogP contribution in [0.3, 0.4) is 0 Å². The Balaban J connectivity index is 1.48. The van der Waals surface area contributed by atoms with Gasteiger partial charge in [-0.1, -0.05) is 30.7 Å². The van der Waals surface area contributed by atoms with Crippen molar-refractivity contribution in [3.05, 3.63) is 41.5 Å². The van der Waals surface area contributed by atoms with Crippen molar-refractivity contribution in [2.45, 2.75) is 77.0 Å². The van der Waals surface area contributed by atoms with E-state index in [1.807, 2.05) is 11.8 Å². The van der Waals surface area contributed by atoms with Crippen LogP contribution in [0.15, 0.2) is 35.9 Å². The molecule has 3 N–H and O–H groups in total. The highest BCUT2D eigenvalue weighted by Gasteiger charge is 2.48. The summed E-state index contributed by atoms with van der Waals surface area (Å²) in [7, 11) is 1.53. The molecule has 42 heavy (non-hydrogen) atoms. The first-order valence-corrected chi connectivity index (χ1v) is 15.1. The number of hydrogen-bond acceptors (Lipinski definition) is 8. The Bertz CT molecular complexity index is 1160. The molecule has 2 amide bonds. The normalized spacial score (nSPS) is 20.9. The number of benzene rings is 1. The first-order chi connectivity index (χ1) is 20.1. The van der Waals surface area contributed by atoms with Gasteiger partial charge in [0.05, 0.1) is 51.0 Å². The monoisotopic (exact) mass is 583 g/mol. The molecule has 230 valence electrons. The lowest BCUT2D eigenvalue weighted by Crippen LogP contribution is -2.49. The number of rotatable bonds is 15. The van der Waals surface area contributed by atoms with Gasteiger partial charge in [-0.3, -0.25) is 24.1 Å². The number of nitrogens with one attached hydrogen (secondary N) is 2. The second-order valence-corrected chi connectivity index (χ2v) is 12.1. The molecule has 4 rings (SSSR count). The van der Waals surface area contributed by atoms with E-state index in [2.05, 4.69) is 16.7 Å². The molecule has 1 heterocycles. The van der Waals surface area contributed by atoms with Crippen molar-refractivity contribution in [2.75, 3.05) is 40.0 Å². The Morgan fingerprint density at radius 1 is 1.10 bits per heavy atom. The van der Waals surface area contributed by atoms with Gasteiger partial charge >= 0.3 is 0 Å². The number of morpholine rings is 1. The average Bonchev–Trinajstić information content (AvgIpc) is 3.53. The molecule has 0 spiro atoms. The number of amides is 2. The second-order valence-electron chi connectivity index (χ2n) is 12.1. The van der Waals surface area contributed by atoms with Gasteiger partial charge in [-0.15, -0.1) is 0 Å². The molecule has 0 radical (unpaired) electrons. The molecular weight excluding hydrogens is 538 g/mol. The molecule has 2 aliphatic carbocycles. The highest BCUT2D eigenvalue weighted by molar-refractivity contribution is 5.97. The summed E-state index contributed by atoms with van der Waals surface area (Å²) in [4.78, 5) is 55.2. The Kier molecular flexibility index (Phi) is 10.9. The Morgan fingerprint density at radius 2 is 1.79 bits per heavy atom. The van der Waals surface area contributed by atoms with E-state index < -0.39 is 35.4 Å². The van der Waals surface area contributed by atoms with Crippen LogP contribution >= 0.6 is 0 Å². The van der Waals surface area contributed by atoms with Gasteiger partial charge in [-0.25, -0.2) is 0 Å². The molecule has 1 saturated carbocycles. The molecule has 4 atom stereocenters. The third-order valence-corrected chi connectivity index (χ3v) is 8.76. The molecule has 1 aromatic rings. The number of methoxy groups -OCH3 is 1. The zero-order chi connectivity index (χ0) is 30.3. The maximum atomic E-state index is 13.8. The van der Waals surface area contributed by atoms with Crippen LogP contribution in [0.2, 0.25) is 0 Å². The summed E-state index contributed by atoms with van der Waals surface area (Å²) >= 11 is 0. The Hall–Kier alpha value is -3.08. The fourth-order valence-electron chi connectivity index (χ4n) is 5.63. The molecule has 1 aliphatic heterocycles. The van der Waals surface area contributed by atoms with Gasteiger partial charge in [-0.2, -0.15) is 0 Å². The van der Waals surface area contributed by atoms with Crippen LogP contribution in [-0.2, 0) is 23.9 Å². The molecular formula is C32H45N3O7. The predicted octanol–water partition coefficient (Wildman–Crippen LogP) is 2.50. The van der Waals surface area contributed by atoms with Crippen molar-refractivity contribution >= 4 is 23.4 Å². The molecule has 2 fully saturated rings. The van der Waals surface area contributed by atoms with Gasteiger partial charge in [0.25, 0.3) is 0 Å². The summed E-state index contributed by atoms with van der Waals surface area (Å²) < 4.78 is 10.5. The van der Waals surface area contributed by atoms with E-state index in [0.29, 0.717) is 44.0 Å². The van der Waals surface area contributed by atoms with E-state index in [1.165, 1.54) is 7.11 Å². The minimum absolute atomic E-state index is 0.00333. The minimum Gasteiger partial charge on any atom is -0.497 e. The van der Waals surface area contributed by atoms with Crippen LogP contribution in [0.5, 0.6) is 5.75 Å². The van der Waals surface area contributed by atoms with Crippen LogP contribution < -0.4 is 15.4 Å². The molecule has 0 unspecified atom stereocenters. The van der Waals surface area contributed by atoms with Crippen LogP contribution in [-0.4, -0.2) is 85.4 Å². The van der Waals surface area contributed by atoms with Gasteiger partial charge in [0.2, 0.25) is 11.8 Å². The number of carbonyl (C=O) groups excluding carboxylic acids is 4. The van der Waals surface area contributed by atoms with E-state index in [-0.39, 0.29) is 30.4 Å². The minimum atomic E-state index is -1.31. The molecule has 1 saturated heterocycles. The quantitative estimate of drug-likeness (QED) is 0.268. The highest BCUT2D eigenvalue weighted by Crippen LogP contribution is 2.47. The molecule has 0 aromatic heterocycles. The number of hydrogen-bond donors (Lipinski definition) is 3. The summed E-state index contributed by atoms with van der Waals surface area (Å²) in [6, 6.07) is 5.08. The van der Waals surface area contributed by atoms with Crippen LogP contribution in [0.1, 0.15) is 70.5 Å². The van der Waals surface area contributed by atoms with E-state index in [4.69, 9.17) is 9.47 Å². The lowest BCUT2D eigenvalue weighted by molar-refractivity contribution is -0.137. The summed E-state index contributed by atoms with van der Waals surface area (Å²) in [5, 5.41) is 17.1. The number of ketones is 2. The van der Waals surface area contributed by atoms with Gasteiger partial charge in [0, 0.05) is 24.9 Å². The third-order valence-electron chi connectivity index (χ3n) is 8.76. The molecule has 10 nitrogen and oxygen atoms in total. The van der Waals surface area contributed by atoms with Crippen molar-refractivity contribution in [3.63, 3.8) is 0 Å². The Labute approximate surface area is 248 Å². The average molecular weight is 584 g/mol. The van der Waals surface area contributed by atoms with E-state index in [1.54, 1.807) is 31.2 Å². The summed E-state index contributed by atoms with van der Waals surface area (Å²) in [6.45, 7) is 6.05. The van der Waals surface area contributed by atoms with Crippen LogP contribution in [0.4, 0.5) is 0 Å². The smallest absolute Gasteiger partial charge is 0.234 e. The van der Waals surface area contributed by atoms with E-state index >= 15 is 0 Å². The number of allylic oxidation sites excluding steroid dienone is 1. The molecule has 0 bridgehead atoms. The first kappa shape index (κ1) is 31.8. The topological polar surface area (TPSA) is 134 Å². The number of ether oxygens (including phenoxy) is 2. The van der Waals surface area contributed by atoms with Crippen molar-refractivity contribution in [2.24, 2.45) is 11.3 Å². The van der Waals surface area contributed by atoms with Crippen molar-refractivity contribution < 1.29 is 33.8 Å². The number of aliphatic hydroxyl groups is 1. The van der Waals surface area contributed by atoms with Gasteiger partial charge < -0.3 is 25.2 Å². The fraction of sp³-hybridized carbons (Fsp3) is 0.625. The maximum Gasteiger partial charge on any atom is 0.234 e. The van der Waals surface area contributed by atoms with Crippen LogP contribution in [0.25, 0.3) is 0 Å². The van der Waals surface area contributed by atoms with E-state index in [0.717, 1.165) is 37.7 Å². The summed E-state index contributed by atoms with van der Waals surface area (Å²) in [6.07, 6.45) is 5.42. The third kappa shape index (κ3) is 8.49. The molecule has 1 aromatic carbocycles. The second kappa shape index (κ2) is 14.4. The van der Waals surface area contributed by atoms with Gasteiger partial charge in [0.1, 0.15) is 5.75 Å². The van der Waals surface area contributed by atoms with Crippen LogP contribution in [0, 0.1) is 11.3 Å². The van der Waals surface area contributed by atoms with Gasteiger partial charge in [-0.05, 0) is 63.1 Å². The molecule has 3 aliphatic rings. The zero-order valence-corrected chi connectivity index (χ0v) is 25.0. The van der Waals surface area contributed by atoms with Crippen molar-refractivity contribution in [1.82, 2.24) is 15.5 Å². The molecule has 10 heteroatoms. The fourth-order valence-corrected chi connectivity index (χ4v) is 5.63. The van der Waals surface area contributed by atoms with Crippen molar-refractivity contribution in [1.29, 1.82) is 0 Å². The lowest BCUT2D eigenvalue weighted by atomic mass is 9.87. The number of Topliss-reactive ketones (excluding diaryl/α,β-unsaturated/α-hetero) is 2. The number of nitrogens with zero attached hydrogens (tertiary/aromatic N) is 1. The zero-order valence-electron chi connectivity index (χ0n) is 25.0. The number of carbonyl (C=O) groups is 4. The van der Waals surface area contributed by atoms with Crippen molar-refractivity contribution in [3.8, 4) is 5.75 Å². The largest absolute Gasteiger partial charge is 0.497 e. The van der Waals surface area contributed by atoms with E-state index in [9.17, 15) is 24.3 Å². The predicted molar refractivity (Wildman–Crippen MR) is 157 cm³/mol. The highest BCUT2D eigenvalue weighted by atomic mass is 16.5. The first-order valence-electron chi connectivity index (χ1n) is 15.1. The van der Waals surface area contributed by atoms with Gasteiger partial charge in [0.15, 0.2) is 11.6 Å². The summed E-state index contributed by atoms with van der Waals surface area (Å²) in [5.74, 6) is -1.80. The standard InChI is InChI=1S/C32H45N3O7/c1-21(33-28(37)20-35-14-16-42-17-15-35)27(36)19-25(29(38)23-8-10-24(41-3)11-9-23)31(40)34-26(18-22-6-4-5-7-22)30(39)32(2)12-13-32/h6,8-11,21,25-26,29,38H,4-5,7,12-20H2,1-3H3,(H,33,37)(H,34,40)/t21-,25-,26-,29+/m0/s1. The summed E-state index contributed by atoms with van der Waals surface area (Å²) in [5.41, 5.74) is 1.15. The maximum absolute atomic E-state index is 13.8. The SMILES string of the molecule is COc1ccc([C@@H](O)[C@H](CC(=O)[C@H](C)NC(=O)CN2CCOCC2)C(=O)N[C@@H](CC2=CCCC2)C(=O)C2(C)CC2)cc1. The lowest BCUT2D eigenvalue weighted by Gasteiger charge is -2.28.